The quantitative estimate of drug-likeness (QED) is 0.836. The lowest BCUT2D eigenvalue weighted by Crippen LogP contribution is -2.32. The van der Waals surface area contributed by atoms with Gasteiger partial charge in [0.05, 0.1) is 0 Å². The van der Waals surface area contributed by atoms with Gasteiger partial charge in [-0.1, -0.05) is 29.8 Å². The van der Waals surface area contributed by atoms with Crippen LogP contribution in [0, 0.1) is 0 Å². The number of rotatable bonds is 4. The van der Waals surface area contributed by atoms with Gasteiger partial charge >= 0.3 is 6.09 Å². The van der Waals surface area contributed by atoms with Crippen molar-refractivity contribution < 1.29 is 14.3 Å². The highest BCUT2D eigenvalue weighted by molar-refractivity contribution is 6.30. The van der Waals surface area contributed by atoms with Gasteiger partial charge in [-0.25, -0.2) is 4.79 Å². The molecule has 0 heterocycles. The first-order valence-electron chi connectivity index (χ1n) is 7.86. The Balaban J connectivity index is 1.91. The number of alkyl carbamates (subject to hydrolysis) is 1. The first kappa shape index (κ1) is 18.8. The molecule has 0 aromatic heterocycles. The molecule has 0 atom stereocenters. The molecule has 0 bridgehead atoms. The fraction of sp³-hybridized carbons (Fsp3) is 0.263. The Labute approximate surface area is 152 Å². The van der Waals surface area contributed by atoms with Crippen molar-refractivity contribution in [3.63, 3.8) is 0 Å². The van der Waals surface area contributed by atoms with E-state index in [0.29, 0.717) is 22.8 Å². The van der Waals surface area contributed by atoms with Crippen molar-refractivity contribution in [3.05, 3.63) is 64.7 Å². The second-order valence-corrected chi connectivity index (χ2v) is 6.95. The van der Waals surface area contributed by atoms with Crippen LogP contribution in [0.25, 0.3) is 0 Å². The van der Waals surface area contributed by atoms with Crippen LogP contribution in [0.5, 0.6) is 0 Å². The van der Waals surface area contributed by atoms with E-state index in [9.17, 15) is 9.59 Å². The van der Waals surface area contributed by atoms with Crippen molar-refractivity contribution in [1.29, 1.82) is 0 Å². The lowest BCUT2D eigenvalue weighted by atomic mass is 10.1. The summed E-state index contributed by atoms with van der Waals surface area (Å²) in [5.74, 6) is -0.228. The largest absolute Gasteiger partial charge is 0.444 e. The molecular formula is C19H21ClN2O3. The van der Waals surface area contributed by atoms with E-state index in [2.05, 4.69) is 10.6 Å². The van der Waals surface area contributed by atoms with Gasteiger partial charge in [0.1, 0.15) is 5.60 Å². The summed E-state index contributed by atoms with van der Waals surface area (Å²) in [6.07, 6.45) is -0.477. The van der Waals surface area contributed by atoms with Crippen LogP contribution in [-0.2, 0) is 11.3 Å². The first-order valence-corrected chi connectivity index (χ1v) is 8.23. The Morgan fingerprint density at radius 3 is 2.36 bits per heavy atom. The third-order valence-electron chi connectivity index (χ3n) is 3.13. The zero-order chi connectivity index (χ0) is 18.4. The number of amides is 2. The summed E-state index contributed by atoms with van der Waals surface area (Å²) in [5.41, 5.74) is 1.48. The van der Waals surface area contributed by atoms with E-state index >= 15 is 0 Å². The Hall–Kier alpha value is -2.53. The second-order valence-electron chi connectivity index (χ2n) is 6.52. The van der Waals surface area contributed by atoms with Crippen molar-refractivity contribution in [1.82, 2.24) is 5.32 Å². The minimum Gasteiger partial charge on any atom is -0.444 e. The maximum absolute atomic E-state index is 12.2. The highest BCUT2D eigenvalue weighted by Gasteiger charge is 2.15. The molecule has 0 saturated carbocycles. The van der Waals surface area contributed by atoms with Gasteiger partial charge in [0.25, 0.3) is 5.91 Å². The molecule has 2 aromatic carbocycles. The fourth-order valence-corrected chi connectivity index (χ4v) is 2.22. The molecule has 0 unspecified atom stereocenters. The number of ether oxygens (including phenoxy) is 1. The molecule has 2 rings (SSSR count). The average Bonchev–Trinajstić information content (AvgIpc) is 2.52. The van der Waals surface area contributed by atoms with E-state index in [1.165, 1.54) is 0 Å². The van der Waals surface area contributed by atoms with Gasteiger partial charge < -0.3 is 15.4 Å². The van der Waals surface area contributed by atoms with Crippen LogP contribution in [0.1, 0.15) is 36.7 Å². The van der Waals surface area contributed by atoms with E-state index in [-0.39, 0.29) is 5.91 Å². The fourth-order valence-electron chi connectivity index (χ4n) is 2.03. The van der Waals surface area contributed by atoms with Crippen LogP contribution in [0.15, 0.2) is 48.5 Å². The number of halogens is 1. The van der Waals surface area contributed by atoms with Crippen LogP contribution in [0.3, 0.4) is 0 Å². The molecule has 2 N–H and O–H groups in total. The third kappa shape index (κ3) is 6.47. The Morgan fingerprint density at radius 1 is 1.08 bits per heavy atom. The first-order chi connectivity index (χ1) is 11.7. The van der Waals surface area contributed by atoms with Gasteiger partial charge in [-0.3, -0.25) is 4.79 Å². The van der Waals surface area contributed by atoms with Gasteiger partial charge in [0, 0.05) is 22.8 Å². The number of carbonyl (C=O) groups excluding carboxylic acids is 2. The van der Waals surface area contributed by atoms with Crippen LogP contribution < -0.4 is 10.6 Å². The zero-order valence-electron chi connectivity index (χ0n) is 14.4. The molecule has 0 aliphatic heterocycles. The molecule has 25 heavy (non-hydrogen) atoms. The topological polar surface area (TPSA) is 67.4 Å². The number of benzene rings is 2. The monoisotopic (exact) mass is 360 g/mol. The highest BCUT2D eigenvalue weighted by atomic mass is 35.5. The van der Waals surface area contributed by atoms with Gasteiger partial charge in [-0.2, -0.15) is 0 Å². The van der Waals surface area contributed by atoms with E-state index in [1.54, 1.807) is 69.3 Å². The Kier molecular flexibility index (Phi) is 6.04. The van der Waals surface area contributed by atoms with Gasteiger partial charge in [-0.05, 0) is 56.7 Å². The van der Waals surface area contributed by atoms with Gasteiger partial charge in [0.15, 0.2) is 0 Å². The molecule has 0 radical (unpaired) electrons. The molecule has 2 aromatic rings. The summed E-state index contributed by atoms with van der Waals surface area (Å²) in [6, 6.07) is 13.9. The lowest BCUT2D eigenvalue weighted by molar-refractivity contribution is 0.0523. The van der Waals surface area contributed by atoms with Crippen molar-refractivity contribution in [2.75, 3.05) is 5.32 Å². The van der Waals surface area contributed by atoms with E-state index in [4.69, 9.17) is 16.3 Å². The summed E-state index contributed by atoms with van der Waals surface area (Å²) in [6.45, 7) is 5.74. The van der Waals surface area contributed by atoms with E-state index in [1.807, 2.05) is 0 Å². The molecular weight excluding hydrogens is 340 g/mol. The van der Waals surface area contributed by atoms with Crippen LogP contribution >= 0.6 is 11.6 Å². The van der Waals surface area contributed by atoms with Gasteiger partial charge in [-0.15, -0.1) is 0 Å². The van der Waals surface area contributed by atoms with Crippen molar-refractivity contribution in [2.24, 2.45) is 0 Å². The maximum atomic E-state index is 12.2. The normalized spacial score (nSPS) is 10.9. The van der Waals surface area contributed by atoms with E-state index in [0.717, 1.165) is 5.56 Å². The van der Waals surface area contributed by atoms with Crippen molar-refractivity contribution in [2.45, 2.75) is 32.9 Å². The Bertz CT molecular complexity index is 752. The predicted octanol–water partition coefficient (Wildman–Crippen LogP) is 4.62. The molecule has 6 heteroatoms. The van der Waals surface area contributed by atoms with Crippen LogP contribution in [0.2, 0.25) is 5.02 Å². The van der Waals surface area contributed by atoms with Gasteiger partial charge in [0.2, 0.25) is 0 Å². The standard InChI is InChI=1S/C19H21ClN2O3/c1-19(2,3)25-18(24)21-12-13-7-9-14(10-8-13)17(23)22-16-6-4-5-15(20)11-16/h4-11H,12H2,1-3H3,(H,21,24)(H,22,23). The predicted molar refractivity (Wildman–Crippen MR) is 98.9 cm³/mol. The molecule has 0 aliphatic rings. The average molecular weight is 361 g/mol. The summed E-state index contributed by atoms with van der Waals surface area (Å²) in [4.78, 5) is 23.8. The summed E-state index contributed by atoms with van der Waals surface area (Å²) in [5, 5.41) is 6.01. The number of nitrogens with one attached hydrogen (secondary N) is 2. The van der Waals surface area contributed by atoms with Crippen LogP contribution in [0.4, 0.5) is 10.5 Å². The SMILES string of the molecule is CC(C)(C)OC(=O)NCc1ccc(C(=O)Nc2cccc(Cl)c2)cc1. The van der Waals surface area contributed by atoms with Crippen molar-refractivity contribution >= 4 is 29.3 Å². The Morgan fingerprint density at radius 2 is 1.76 bits per heavy atom. The molecule has 2 amide bonds. The molecule has 0 fully saturated rings. The van der Waals surface area contributed by atoms with Crippen molar-refractivity contribution in [3.8, 4) is 0 Å². The zero-order valence-corrected chi connectivity index (χ0v) is 15.2. The molecule has 5 nitrogen and oxygen atoms in total. The molecule has 0 saturated heterocycles. The van der Waals surface area contributed by atoms with E-state index < -0.39 is 11.7 Å². The number of anilines is 1. The second kappa shape index (κ2) is 8.03. The summed E-state index contributed by atoms with van der Waals surface area (Å²) < 4.78 is 5.17. The number of hydrogen-bond donors (Lipinski definition) is 2. The number of carbonyl (C=O) groups is 2. The smallest absolute Gasteiger partial charge is 0.407 e. The number of hydrogen-bond acceptors (Lipinski definition) is 3. The molecule has 0 aliphatic carbocycles. The van der Waals surface area contributed by atoms with Crippen LogP contribution in [-0.4, -0.2) is 17.6 Å². The minimum absolute atomic E-state index is 0.228. The maximum Gasteiger partial charge on any atom is 0.407 e. The summed E-state index contributed by atoms with van der Waals surface area (Å²) in [7, 11) is 0. The minimum atomic E-state index is -0.535. The third-order valence-corrected chi connectivity index (χ3v) is 3.37. The summed E-state index contributed by atoms with van der Waals surface area (Å²) >= 11 is 5.90. The highest BCUT2D eigenvalue weighted by Crippen LogP contribution is 2.16. The lowest BCUT2D eigenvalue weighted by Gasteiger charge is -2.19. The molecule has 132 valence electrons. The molecule has 0 spiro atoms.